The predicted molar refractivity (Wildman–Crippen MR) is 88.9 cm³/mol. The van der Waals surface area contributed by atoms with Gasteiger partial charge in [0.1, 0.15) is 8.66 Å². The molecule has 0 radical (unpaired) electrons. The molecule has 0 unspecified atom stereocenters. The summed E-state index contributed by atoms with van der Waals surface area (Å²) in [6, 6.07) is 6.28. The lowest BCUT2D eigenvalue weighted by molar-refractivity contribution is 0.0997. The smallest absolute Gasteiger partial charge is 0.249 e. The quantitative estimate of drug-likeness (QED) is 0.419. The highest BCUT2D eigenvalue weighted by molar-refractivity contribution is 8.19. The number of amides is 1. The van der Waals surface area contributed by atoms with Crippen molar-refractivity contribution >= 4 is 66.6 Å². The van der Waals surface area contributed by atoms with Gasteiger partial charge in [0, 0.05) is 0 Å². The highest BCUT2D eigenvalue weighted by Crippen LogP contribution is 2.50. The summed E-state index contributed by atoms with van der Waals surface area (Å²) in [5.74, 6) is -0.606. The zero-order valence-electron chi connectivity index (χ0n) is 10.8. The Balaban J connectivity index is 0.000000401. The predicted octanol–water partition coefficient (Wildman–Crippen LogP) is 6.26. The molecule has 0 aliphatic rings. The molecule has 1 rings (SSSR count). The van der Waals surface area contributed by atoms with E-state index in [1.807, 2.05) is 0 Å². The van der Waals surface area contributed by atoms with Crippen molar-refractivity contribution in [1.82, 2.24) is 0 Å². The van der Waals surface area contributed by atoms with Crippen molar-refractivity contribution in [2.24, 2.45) is 5.73 Å². The molecule has 0 spiro atoms. The van der Waals surface area contributed by atoms with Crippen molar-refractivity contribution in [3.05, 3.63) is 29.8 Å². The van der Waals surface area contributed by atoms with Crippen LogP contribution in [0.4, 0.5) is 19.4 Å². The fourth-order valence-electron chi connectivity index (χ4n) is 0.998. The fraction of sp³-hybridized carbons (Fsp3) is 0.300. The van der Waals surface area contributed by atoms with Crippen LogP contribution in [-0.4, -0.2) is 14.6 Å². The van der Waals surface area contributed by atoms with Crippen LogP contribution in [0.25, 0.3) is 0 Å². The molecule has 2 N–H and O–H groups in total. The number of primary amides is 1. The molecule has 22 heavy (non-hydrogen) atoms. The molecule has 0 saturated heterocycles. The van der Waals surface area contributed by atoms with Crippen molar-refractivity contribution in [2.75, 3.05) is 0 Å². The third-order valence-electron chi connectivity index (χ3n) is 2.13. The maximum absolute atomic E-state index is 12.1. The Kier molecular flexibility index (Phi) is 11.6. The van der Waals surface area contributed by atoms with Gasteiger partial charge in [-0.05, 0) is 19.1 Å². The Morgan fingerprint density at radius 3 is 1.86 bits per heavy atom. The van der Waals surface area contributed by atoms with Crippen LogP contribution in [0.5, 0.6) is 0 Å². The summed E-state index contributed by atoms with van der Waals surface area (Å²) in [7, 11) is 0. The van der Waals surface area contributed by atoms with Crippen LogP contribution in [0.2, 0.25) is 0 Å². The molecule has 0 atom stereocenters. The zero-order chi connectivity index (χ0) is 17.2. The Labute approximate surface area is 146 Å². The molecule has 0 fully saturated rings. The Morgan fingerprint density at radius 1 is 1.09 bits per heavy atom. The van der Waals surface area contributed by atoms with E-state index < -0.39 is 63.2 Å². The van der Waals surface area contributed by atoms with Crippen LogP contribution >= 0.6 is 60.7 Å². The summed E-state index contributed by atoms with van der Waals surface area (Å²) < 4.78 is 56.5. The number of halogens is 5. The number of carbonyl (C=O) groups is 1. The normalized spacial score (nSPS) is 11.0. The van der Waals surface area contributed by atoms with E-state index in [1.165, 1.54) is 12.1 Å². The average Bonchev–Trinajstić information content (AvgIpc) is 2.56. The van der Waals surface area contributed by atoms with Crippen LogP contribution in [0.3, 0.4) is 0 Å². The molecule has 12 heteroatoms. The van der Waals surface area contributed by atoms with Crippen molar-refractivity contribution < 1.29 is 24.2 Å². The highest BCUT2D eigenvalue weighted by atomic mass is 32.3. The molecule has 2 nitrogen and oxygen atoms in total. The van der Waals surface area contributed by atoms with E-state index in [4.69, 9.17) is 5.73 Å². The van der Waals surface area contributed by atoms with Gasteiger partial charge in [0.25, 0.3) is 0 Å². The van der Waals surface area contributed by atoms with Gasteiger partial charge in [-0.15, -0.1) is 0 Å². The molecule has 0 bridgehead atoms. The van der Waals surface area contributed by atoms with Crippen LogP contribution in [0, 0.1) is 0 Å². The zero-order valence-corrected chi connectivity index (χ0v) is 14.9. The van der Waals surface area contributed by atoms with Gasteiger partial charge in [0.2, 0.25) is 5.91 Å². The van der Waals surface area contributed by atoms with Crippen LogP contribution < -0.4 is 5.73 Å². The molecule has 1 aromatic rings. The van der Waals surface area contributed by atoms with Crippen LogP contribution in [0.15, 0.2) is 29.2 Å². The maximum atomic E-state index is 12.1. The van der Waals surface area contributed by atoms with E-state index in [0.29, 0.717) is 0 Å². The molecular weight excluding hydrogens is 405 g/mol. The Bertz CT molecular complexity index is 461. The largest absolute Gasteiger partial charge is 0.366 e. The summed E-state index contributed by atoms with van der Waals surface area (Å²) in [4.78, 5) is 10.9. The number of benzene rings is 1. The first-order chi connectivity index (χ1) is 10.4. The van der Waals surface area contributed by atoms with E-state index in [2.05, 4.69) is 0 Å². The summed E-state index contributed by atoms with van der Waals surface area (Å²) in [5.41, 5.74) is 5.19. The minimum Gasteiger partial charge on any atom is -0.366 e. The standard InChI is InChI=1S/C7H6FNOS.C3H4F4S4/c8-11-6-4-2-1-3-5(6)7(9)10;1-3(10-6,11-7)2(8-4)9-5/h1-4H,(H2,9,10);2H,1H3. The first-order valence-corrected chi connectivity index (χ1v) is 8.92. The minimum atomic E-state index is -1.72. The van der Waals surface area contributed by atoms with E-state index in [-0.39, 0.29) is 22.6 Å². The van der Waals surface area contributed by atoms with Crippen molar-refractivity contribution in [1.29, 1.82) is 0 Å². The number of carbonyl (C=O) groups excluding carboxylic acids is 1. The van der Waals surface area contributed by atoms with E-state index >= 15 is 0 Å². The third-order valence-corrected chi connectivity index (χ3v) is 6.42. The second kappa shape index (κ2) is 11.6. The third kappa shape index (κ3) is 6.69. The molecule has 0 heterocycles. The highest BCUT2D eigenvalue weighted by Gasteiger charge is 2.40. The Morgan fingerprint density at radius 2 is 1.59 bits per heavy atom. The summed E-state index contributed by atoms with van der Waals surface area (Å²) in [5, 5.41) is 0. The van der Waals surface area contributed by atoms with Gasteiger partial charge >= 0.3 is 0 Å². The molecule has 0 saturated carbocycles. The SMILES string of the molecule is CC(SF)(SF)C(SF)SF.NC(=O)c1ccccc1SF. The lowest BCUT2D eigenvalue weighted by Gasteiger charge is -2.22. The summed E-state index contributed by atoms with van der Waals surface area (Å²) in [6.45, 7) is 1.09. The molecule has 0 aliphatic carbocycles. The first-order valence-electron chi connectivity index (χ1n) is 5.21. The Hall–Kier alpha value is 0.0900. The van der Waals surface area contributed by atoms with Gasteiger partial charge in [-0.25, -0.2) is 0 Å². The first kappa shape index (κ1) is 22.1. The maximum Gasteiger partial charge on any atom is 0.249 e. The second-order valence-corrected chi connectivity index (χ2v) is 8.07. The van der Waals surface area contributed by atoms with E-state index in [1.54, 1.807) is 12.1 Å². The molecule has 126 valence electrons. The molecule has 1 amide bonds. The van der Waals surface area contributed by atoms with Crippen LogP contribution in [0.1, 0.15) is 17.3 Å². The van der Waals surface area contributed by atoms with Gasteiger partial charge in [0.05, 0.1) is 71.2 Å². The van der Waals surface area contributed by atoms with E-state index in [9.17, 15) is 24.2 Å². The van der Waals surface area contributed by atoms with Gasteiger partial charge in [-0.1, -0.05) is 12.1 Å². The molecule has 0 aliphatic heterocycles. The lowest BCUT2D eigenvalue weighted by atomic mass is 10.2. The van der Waals surface area contributed by atoms with Gasteiger partial charge in [0.15, 0.2) is 0 Å². The van der Waals surface area contributed by atoms with E-state index in [0.717, 1.165) is 6.92 Å². The lowest BCUT2D eigenvalue weighted by Crippen LogP contribution is -2.23. The fourth-order valence-corrected chi connectivity index (χ4v) is 2.93. The topological polar surface area (TPSA) is 43.1 Å². The molecule has 1 aromatic carbocycles. The number of nitrogens with two attached hydrogens (primary N) is 1. The van der Waals surface area contributed by atoms with Crippen molar-refractivity contribution in [2.45, 2.75) is 20.5 Å². The van der Waals surface area contributed by atoms with Gasteiger partial charge in [-0.3, -0.25) is 4.79 Å². The van der Waals surface area contributed by atoms with Crippen molar-refractivity contribution in [3.63, 3.8) is 0 Å². The van der Waals surface area contributed by atoms with Crippen LogP contribution in [-0.2, 0) is 0 Å². The average molecular weight is 416 g/mol. The number of hydrogen-bond donors (Lipinski definition) is 1. The molecule has 0 aromatic heterocycles. The number of rotatable bonds is 7. The molecular formula is C10H10F5NOS5. The summed E-state index contributed by atoms with van der Waals surface area (Å²) in [6.07, 6.45) is 0. The van der Waals surface area contributed by atoms with Gasteiger partial charge in [-0.2, -0.15) is 19.4 Å². The number of hydrogen-bond acceptors (Lipinski definition) is 6. The second-order valence-electron chi connectivity index (χ2n) is 3.62. The van der Waals surface area contributed by atoms with Crippen molar-refractivity contribution in [3.8, 4) is 0 Å². The van der Waals surface area contributed by atoms with Gasteiger partial charge < -0.3 is 5.73 Å². The summed E-state index contributed by atoms with van der Waals surface area (Å²) >= 11 is -1.60. The monoisotopic (exact) mass is 415 g/mol. The minimum absolute atomic E-state index is 0.0229.